The quantitative estimate of drug-likeness (QED) is 0.498. The molecule has 3 rings (SSSR count). The Balaban J connectivity index is 1.81. The summed E-state index contributed by atoms with van der Waals surface area (Å²) in [5, 5.41) is 3.56. The molecule has 0 bridgehead atoms. The molecule has 8 heteroatoms. The molecule has 2 amide bonds. The summed E-state index contributed by atoms with van der Waals surface area (Å²) >= 11 is 15.4. The van der Waals surface area contributed by atoms with Crippen molar-refractivity contribution in [1.82, 2.24) is 9.88 Å². The van der Waals surface area contributed by atoms with Crippen molar-refractivity contribution in [3.8, 4) is 0 Å². The number of carbonyl (C=O) groups is 2. The van der Waals surface area contributed by atoms with Gasteiger partial charge in [0.1, 0.15) is 5.69 Å². The van der Waals surface area contributed by atoms with Crippen LogP contribution in [-0.2, 0) is 6.54 Å². The van der Waals surface area contributed by atoms with Crippen LogP contribution in [0.2, 0.25) is 10.0 Å². The van der Waals surface area contributed by atoms with Gasteiger partial charge in [0.2, 0.25) is 0 Å². The zero-order valence-corrected chi connectivity index (χ0v) is 18.4. The van der Waals surface area contributed by atoms with E-state index in [4.69, 9.17) is 23.2 Å². The lowest BCUT2D eigenvalue weighted by molar-refractivity contribution is 0.0785. The van der Waals surface area contributed by atoms with Crippen LogP contribution in [0.5, 0.6) is 0 Å². The van der Waals surface area contributed by atoms with Gasteiger partial charge in [-0.15, -0.1) is 0 Å². The number of nitrogens with zero attached hydrogens (tertiary/aromatic N) is 2. The molecular weight excluding hydrogens is 477 g/mol. The standard InChI is InChI=1S/C21H16BrCl2N3O2/c1-27(21(29)13-5-7-16(23)17(24)11-13)12-14-10-15(22)6-8-18(14)26-20(28)19-4-2-3-9-25-19/h2-11H,12H2,1H3,(H,26,28). The van der Waals surface area contributed by atoms with Crippen LogP contribution in [-0.4, -0.2) is 28.7 Å². The summed E-state index contributed by atoms with van der Waals surface area (Å²) in [4.78, 5) is 30.8. The molecule has 148 valence electrons. The van der Waals surface area contributed by atoms with Crippen LogP contribution in [0.25, 0.3) is 0 Å². The van der Waals surface area contributed by atoms with Crippen LogP contribution in [0.4, 0.5) is 5.69 Å². The van der Waals surface area contributed by atoms with Gasteiger partial charge in [-0.3, -0.25) is 14.6 Å². The molecule has 0 fully saturated rings. The van der Waals surface area contributed by atoms with Crippen molar-refractivity contribution in [2.75, 3.05) is 12.4 Å². The van der Waals surface area contributed by atoms with E-state index in [1.54, 1.807) is 49.6 Å². The molecule has 1 aromatic heterocycles. The smallest absolute Gasteiger partial charge is 0.274 e. The molecule has 5 nitrogen and oxygen atoms in total. The Morgan fingerprint density at radius 3 is 2.55 bits per heavy atom. The molecule has 0 atom stereocenters. The molecule has 3 aromatic rings. The molecule has 0 radical (unpaired) electrons. The molecule has 0 saturated carbocycles. The highest BCUT2D eigenvalue weighted by Crippen LogP contribution is 2.25. The van der Waals surface area contributed by atoms with Gasteiger partial charge in [0, 0.05) is 35.5 Å². The number of hydrogen-bond acceptors (Lipinski definition) is 3. The lowest BCUT2D eigenvalue weighted by Crippen LogP contribution is -2.27. The van der Waals surface area contributed by atoms with Gasteiger partial charge in [-0.25, -0.2) is 0 Å². The minimum Gasteiger partial charge on any atom is -0.337 e. The van der Waals surface area contributed by atoms with E-state index in [-0.39, 0.29) is 18.4 Å². The number of hydrogen-bond donors (Lipinski definition) is 1. The topological polar surface area (TPSA) is 62.3 Å². The summed E-state index contributed by atoms with van der Waals surface area (Å²) in [6, 6.07) is 15.3. The van der Waals surface area contributed by atoms with Crippen LogP contribution in [0, 0.1) is 0 Å². The number of rotatable bonds is 5. The van der Waals surface area contributed by atoms with Crippen LogP contribution in [0.1, 0.15) is 26.4 Å². The van der Waals surface area contributed by atoms with Gasteiger partial charge in [-0.2, -0.15) is 0 Å². The molecule has 29 heavy (non-hydrogen) atoms. The van der Waals surface area contributed by atoms with Crippen molar-refractivity contribution in [2.45, 2.75) is 6.54 Å². The number of aromatic nitrogens is 1. The summed E-state index contributed by atoms with van der Waals surface area (Å²) in [6.07, 6.45) is 1.56. The number of nitrogens with one attached hydrogen (secondary N) is 1. The molecule has 0 aliphatic heterocycles. The SMILES string of the molecule is CN(Cc1cc(Br)ccc1NC(=O)c1ccccn1)C(=O)c1ccc(Cl)c(Cl)c1. The number of anilines is 1. The van der Waals surface area contributed by atoms with Crippen LogP contribution >= 0.6 is 39.1 Å². The van der Waals surface area contributed by atoms with E-state index in [0.717, 1.165) is 10.0 Å². The average Bonchev–Trinajstić information content (AvgIpc) is 2.72. The first kappa shape index (κ1) is 21.3. The van der Waals surface area contributed by atoms with E-state index in [0.29, 0.717) is 27.0 Å². The molecule has 0 unspecified atom stereocenters. The fraction of sp³-hybridized carbons (Fsp3) is 0.0952. The molecular formula is C21H16BrCl2N3O2. The molecule has 0 aliphatic carbocycles. The zero-order valence-electron chi connectivity index (χ0n) is 15.3. The monoisotopic (exact) mass is 491 g/mol. The highest BCUT2D eigenvalue weighted by atomic mass is 79.9. The van der Waals surface area contributed by atoms with E-state index in [1.807, 2.05) is 12.1 Å². The van der Waals surface area contributed by atoms with Gasteiger partial charge in [-0.05, 0) is 54.1 Å². The molecule has 0 spiro atoms. The predicted octanol–water partition coefficient (Wildman–Crippen LogP) is 5.68. The lowest BCUT2D eigenvalue weighted by atomic mass is 10.1. The fourth-order valence-corrected chi connectivity index (χ4v) is 3.38. The molecule has 0 aliphatic rings. The number of amides is 2. The number of benzene rings is 2. The second kappa shape index (κ2) is 9.39. The summed E-state index contributed by atoms with van der Waals surface area (Å²) < 4.78 is 0.832. The summed E-state index contributed by atoms with van der Waals surface area (Å²) in [5.74, 6) is -0.543. The van der Waals surface area contributed by atoms with Crippen molar-refractivity contribution >= 4 is 56.6 Å². The van der Waals surface area contributed by atoms with Gasteiger partial charge >= 0.3 is 0 Å². The Bertz CT molecular complexity index is 1060. The Hall–Kier alpha value is -2.41. The van der Waals surface area contributed by atoms with Crippen molar-refractivity contribution in [3.05, 3.63) is 92.1 Å². The van der Waals surface area contributed by atoms with Crippen LogP contribution in [0.15, 0.2) is 65.3 Å². The second-order valence-corrected chi connectivity index (χ2v) is 7.99. The first-order valence-corrected chi connectivity index (χ1v) is 10.1. The Kier molecular flexibility index (Phi) is 6.90. The molecule has 2 aromatic carbocycles. The van der Waals surface area contributed by atoms with Gasteiger partial charge < -0.3 is 10.2 Å². The van der Waals surface area contributed by atoms with E-state index in [2.05, 4.69) is 26.2 Å². The van der Waals surface area contributed by atoms with Crippen LogP contribution < -0.4 is 5.32 Å². The number of pyridine rings is 1. The molecule has 1 N–H and O–H groups in total. The highest BCUT2D eigenvalue weighted by Gasteiger charge is 2.17. The average molecular weight is 493 g/mol. The Morgan fingerprint density at radius 2 is 1.86 bits per heavy atom. The predicted molar refractivity (Wildman–Crippen MR) is 119 cm³/mol. The van der Waals surface area contributed by atoms with E-state index < -0.39 is 0 Å². The van der Waals surface area contributed by atoms with Crippen molar-refractivity contribution in [2.24, 2.45) is 0 Å². The third kappa shape index (κ3) is 5.35. The van der Waals surface area contributed by atoms with Gasteiger partial charge in [0.15, 0.2) is 0 Å². The van der Waals surface area contributed by atoms with E-state index in [9.17, 15) is 9.59 Å². The maximum atomic E-state index is 12.8. The minimum atomic E-state index is -0.326. The van der Waals surface area contributed by atoms with Gasteiger partial charge in [-0.1, -0.05) is 45.2 Å². The molecule has 0 saturated heterocycles. The third-order valence-electron chi connectivity index (χ3n) is 4.13. The fourth-order valence-electron chi connectivity index (χ4n) is 2.68. The zero-order chi connectivity index (χ0) is 21.0. The first-order chi connectivity index (χ1) is 13.8. The Labute approximate surface area is 186 Å². The Morgan fingerprint density at radius 1 is 1.07 bits per heavy atom. The summed E-state index contributed by atoms with van der Waals surface area (Å²) in [5.41, 5.74) is 2.09. The van der Waals surface area contributed by atoms with Gasteiger partial charge in [0.25, 0.3) is 11.8 Å². The summed E-state index contributed by atoms with van der Waals surface area (Å²) in [6.45, 7) is 0.274. The maximum Gasteiger partial charge on any atom is 0.274 e. The highest BCUT2D eigenvalue weighted by molar-refractivity contribution is 9.10. The van der Waals surface area contributed by atoms with E-state index in [1.165, 1.54) is 11.0 Å². The lowest BCUT2D eigenvalue weighted by Gasteiger charge is -2.20. The van der Waals surface area contributed by atoms with E-state index >= 15 is 0 Å². The van der Waals surface area contributed by atoms with Crippen molar-refractivity contribution in [1.29, 1.82) is 0 Å². The van der Waals surface area contributed by atoms with Gasteiger partial charge in [0.05, 0.1) is 10.0 Å². The third-order valence-corrected chi connectivity index (χ3v) is 5.37. The number of halogens is 3. The van der Waals surface area contributed by atoms with Crippen molar-refractivity contribution < 1.29 is 9.59 Å². The minimum absolute atomic E-state index is 0.217. The normalized spacial score (nSPS) is 10.5. The number of carbonyl (C=O) groups excluding carboxylic acids is 2. The summed E-state index contributed by atoms with van der Waals surface area (Å²) in [7, 11) is 1.68. The first-order valence-electron chi connectivity index (χ1n) is 8.56. The van der Waals surface area contributed by atoms with Crippen molar-refractivity contribution in [3.63, 3.8) is 0 Å². The second-order valence-electron chi connectivity index (χ2n) is 6.26. The maximum absolute atomic E-state index is 12.8. The van der Waals surface area contributed by atoms with Crippen LogP contribution in [0.3, 0.4) is 0 Å². The molecule has 1 heterocycles. The largest absolute Gasteiger partial charge is 0.337 e.